The van der Waals surface area contributed by atoms with Crippen molar-refractivity contribution in [2.24, 2.45) is 23.7 Å². The Morgan fingerprint density at radius 1 is 1.10 bits per heavy atom. The zero-order chi connectivity index (χ0) is 35.2. The molecule has 1 N–H and O–H groups in total. The minimum atomic E-state index is -3.96. The van der Waals surface area contributed by atoms with E-state index in [9.17, 15) is 18.0 Å². The molecular weight excluding hydrogens is 674 g/mol. The summed E-state index contributed by atoms with van der Waals surface area (Å²) >= 11 is 6.45. The SMILES string of the molecule is C[C@@H]1CCN(C(=O)CO[C@H]2/C=C/C[C@H](C)[C@@H](C)S(=O)(=O)NC(=O)c3ccc4c(c3)N(C[C@@H]3CC[C@H]32)C[C@@]2(CCCc3cc(Cl)ccc32)CO4)C1. The maximum Gasteiger partial charge on any atom is 0.264 e. The molecule has 1 saturated carbocycles. The van der Waals surface area contributed by atoms with Crippen molar-refractivity contribution in [3.63, 3.8) is 0 Å². The predicted molar refractivity (Wildman–Crippen MR) is 195 cm³/mol. The standard InChI is InChI=1S/C39H50ClN3O6S/c1-25-15-17-42(20-25)37(44)22-48-35-8-4-6-26(2)27(3)50(46,47)41-38(45)29-10-14-36-34(19-29)43(21-30-9-12-32(30)35)23-39(24-49-36)16-5-7-28-18-31(40)11-13-33(28)39/h4,8,10-11,13-14,18-19,25-27,30,32,35H,5-7,9,12,15-17,20-24H2,1-3H3,(H,41,45)/b8-4+/t25-,26+,27-,30+,32-,35+,39+/m1/s1. The maximum atomic E-state index is 13.5. The molecule has 5 aliphatic rings. The average molecular weight is 724 g/mol. The highest BCUT2D eigenvalue weighted by Crippen LogP contribution is 2.47. The summed E-state index contributed by atoms with van der Waals surface area (Å²) in [5.74, 6) is 0.782. The van der Waals surface area contributed by atoms with Gasteiger partial charge in [0.15, 0.2) is 0 Å². The number of allylic oxidation sites excluding steroid dienone is 1. The fourth-order valence-electron chi connectivity index (χ4n) is 8.74. The number of carbonyl (C=O) groups excluding carboxylic acids is 2. The Bertz CT molecular complexity index is 1770. The Labute approximate surface area is 301 Å². The minimum absolute atomic E-state index is 0.0266. The van der Waals surface area contributed by atoms with Crippen LogP contribution in [-0.2, 0) is 31.4 Å². The Morgan fingerprint density at radius 3 is 2.70 bits per heavy atom. The van der Waals surface area contributed by atoms with Crippen LogP contribution in [0.1, 0.15) is 80.8 Å². The highest BCUT2D eigenvalue weighted by molar-refractivity contribution is 7.90. The monoisotopic (exact) mass is 723 g/mol. The molecule has 2 aliphatic carbocycles. The minimum Gasteiger partial charge on any atom is -0.490 e. The van der Waals surface area contributed by atoms with Gasteiger partial charge in [-0.15, -0.1) is 0 Å². The number of ether oxygens (including phenoxy) is 2. The van der Waals surface area contributed by atoms with E-state index in [0.717, 1.165) is 62.3 Å². The number of amides is 2. The Hall–Kier alpha value is -3.08. The van der Waals surface area contributed by atoms with Crippen molar-refractivity contribution in [2.45, 2.75) is 82.5 Å². The van der Waals surface area contributed by atoms with Crippen molar-refractivity contribution in [3.05, 3.63) is 70.3 Å². The molecule has 1 spiro atoms. The summed E-state index contributed by atoms with van der Waals surface area (Å²) in [6.45, 7) is 9.15. The van der Waals surface area contributed by atoms with Crippen LogP contribution in [0.3, 0.4) is 0 Å². The number of aryl methyl sites for hydroxylation is 1. The van der Waals surface area contributed by atoms with Gasteiger partial charge in [-0.25, -0.2) is 13.1 Å². The van der Waals surface area contributed by atoms with E-state index >= 15 is 0 Å². The summed E-state index contributed by atoms with van der Waals surface area (Å²) in [6, 6.07) is 11.4. The smallest absolute Gasteiger partial charge is 0.264 e. The van der Waals surface area contributed by atoms with Crippen LogP contribution < -0.4 is 14.4 Å². The fourth-order valence-corrected chi connectivity index (χ4v) is 10.2. The summed E-state index contributed by atoms with van der Waals surface area (Å²) in [7, 11) is -3.96. The Kier molecular flexibility index (Phi) is 10.00. The molecule has 2 aromatic carbocycles. The number of hydrogen-bond donors (Lipinski definition) is 1. The van der Waals surface area contributed by atoms with Crippen molar-refractivity contribution in [1.29, 1.82) is 0 Å². The van der Waals surface area contributed by atoms with Gasteiger partial charge in [-0.05, 0) is 117 Å². The third kappa shape index (κ3) is 7.04. The molecule has 2 bridgehead atoms. The number of hydrogen-bond acceptors (Lipinski definition) is 7. The van der Waals surface area contributed by atoms with Gasteiger partial charge in [0.2, 0.25) is 15.9 Å². The number of fused-ring (bicyclic) bond motifs is 4. The zero-order valence-electron chi connectivity index (χ0n) is 29.4. The van der Waals surface area contributed by atoms with Crippen molar-refractivity contribution in [2.75, 3.05) is 44.3 Å². The third-order valence-electron chi connectivity index (χ3n) is 12.2. The van der Waals surface area contributed by atoms with E-state index in [1.807, 2.05) is 24.0 Å². The molecule has 2 fully saturated rings. The number of likely N-dealkylation sites (tertiary alicyclic amines) is 1. The van der Waals surface area contributed by atoms with E-state index in [1.54, 1.807) is 25.1 Å². The zero-order valence-corrected chi connectivity index (χ0v) is 31.0. The number of sulfonamides is 1. The third-order valence-corrected chi connectivity index (χ3v) is 14.3. The molecule has 0 aromatic heterocycles. The summed E-state index contributed by atoms with van der Waals surface area (Å²) in [4.78, 5) is 31.0. The summed E-state index contributed by atoms with van der Waals surface area (Å²) in [6.07, 6.45) is 10.2. The summed E-state index contributed by atoms with van der Waals surface area (Å²) < 4.78 is 42.3. The van der Waals surface area contributed by atoms with E-state index in [-0.39, 0.29) is 47.4 Å². The molecule has 2 amide bonds. The molecule has 3 heterocycles. The van der Waals surface area contributed by atoms with E-state index in [0.29, 0.717) is 37.8 Å². The largest absolute Gasteiger partial charge is 0.490 e. The van der Waals surface area contributed by atoms with E-state index in [2.05, 4.69) is 34.8 Å². The van der Waals surface area contributed by atoms with Crippen LogP contribution in [0.5, 0.6) is 5.75 Å². The van der Waals surface area contributed by atoms with E-state index in [4.69, 9.17) is 21.1 Å². The van der Waals surface area contributed by atoms with Crippen LogP contribution in [0.25, 0.3) is 0 Å². The number of carbonyl (C=O) groups is 2. The van der Waals surface area contributed by atoms with Gasteiger partial charge in [0.1, 0.15) is 12.4 Å². The van der Waals surface area contributed by atoms with Crippen molar-refractivity contribution in [1.82, 2.24) is 9.62 Å². The molecule has 2 aromatic rings. The first kappa shape index (κ1) is 35.3. The lowest BCUT2D eigenvalue weighted by Gasteiger charge is -2.46. The van der Waals surface area contributed by atoms with Crippen molar-refractivity contribution in [3.8, 4) is 5.75 Å². The number of halogens is 1. The molecule has 3 aliphatic heterocycles. The molecular formula is C39H50ClN3O6S. The van der Waals surface area contributed by atoms with Crippen molar-refractivity contribution < 1.29 is 27.5 Å². The lowest BCUT2D eigenvalue weighted by atomic mass is 9.68. The van der Waals surface area contributed by atoms with Gasteiger partial charge in [-0.3, -0.25) is 9.59 Å². The Morgan fingerprint density at radius 2 is 1.94 bits per heavy atom. The van der Waals surface area contributed by atoms with Gasteiger partial charge in [0.05, 0.1) is 23.6 Å². The molecule has 0 unspecified atom stereocenters. The first-order chi connectivity index (χ1) is 23.9. The first-order valence-electron chi connectivity index (χ1n) is 18.3. The summed E-state index contributed by atoms with van der Waals surface area (Å²) in [5, 5.41) is -0.0777. The van der Waals surface area contributed by atoms with Crippen LogP contribution in [0.2, 0.25) is 5.02 Å². The molecule has 1 saturated heterocycles. The molecule has 0 radical (unpaired) electrons. The maximum absolute atomic E-state index is 13.5. The van der Waals surface area contributed by atoms with E-state index < -0.39 is 21.2 Å². The fraction of sp³-hybridized carbons (Fsp3) is 0.590. The van der Waals surface area contributed by atoms with Gasteiger partial charge < -0.3 is 19.3 Å². The Balaban J connectivity index is 1.24. The van der Waals surface area contributed by atoms with Gasteiger partial charge in [0, 0.05) is 42.2 Å². The lowest BCUT2D eigenvalue weighted by molar-refractivity contribution is -0.138. The second-order valence-corrected chi connectivity index (χ2v) is 18.1. The van der Waals surface area contributed by atoms with Gasteiger partial charge in [0.25, 0.3) is 5.91 Å². The van der Waals surface area contributed by atoms with Crippen LogP contribution >= 0.6 is 11.6 Å². The lowest BCUT2D eigenvalue weighted by Crippen LogP contribution is -2.50. The molecule has 11 heteroatoms. The van der Waals surface area contributed by atoms with E-state index in [1.165, 1.54) is 11.1 Å². The van der Waals surface area contributed by atoms with Crippen LogP contribution in [0, 0.1) is 23.7 Å². The first-order valence-corrected chi connectivity index (χ1v) is 20.3. The topological polar surface area (TPSA) is 105 Å². The van der Waals surface area contributed by atoms with Crippen LogP contribution in [0.15, 0.2) is 48.6 Å². The molecule has 270 valence electrons. The highest BCUT2D eigenvalue weighted by Gasteiger charge is 2.45. The van der Waals surface area contributed by atoms with Crippen molar-refractivity contribution >= 4 is 39.1 Å². The normalized spacial score (nSPS) is 32.9. The molecule has 7 atom stereocenters. The van der Waals surface area contributed by atoms with Gasteiger partial charge >= 0.3 is 0 Å². The van der Waals surface area contributed by atoms with Gasteiger partial charge in [-0.2, -0.15) is 0 Å². The number of anilines is 1. The molecule has 7 rings (SSSR count). The number of rotatable bonds is 3. The van der Waals surface area contributed by atoms with Crippen LogP contribution in [-0.4, -0.2) is 75.9 Å². The quantitative estimate of drug-likeness (QED) is 0.380. The second-order valence-electron chi connectivity index (χ2n) is 15.6. The second kappa shape index (κ2) is 14.2. The highest BCUT2D eigenvalue weighted by atomic mass is 35.5. The predicted octanol–water partition coefficient (Wildman–Crippen LogP) is 6.14. The average Bonchev–Trinajstić information content (AvgIpc) is 3.45. The number of benzene rings is 2. The molecule has 50 heavy (non-hydrogen) atoms. The molecule has 9 nitrogen and oxygen atoms in total. The van der Waals surface area contributed by atoms with Crippen LogP contribution in [0.4, 0.5) is 5.69 Å². The number of nitrogens with zero attached hydrogens (tertiary/aromatic N) is 2. The summed E-state index contributed by atoms with van der Waals surface area (Å²) in [5.41, 5.74) is 3.28. The van der Waals surface area contributed by atoms with Gasteiger partial charge in [-0.1, -0.05) is 43.7 Å². The number of nitrogens with one attached hydrogen (secondary N) is 1.